The minimum Gasteiger partial charge on any atom is -1.00 e. The molecular weight excluding hydrogens is 425 g/mol. The van der Waals surface area contributed by atoms with Crippen LogP contribution in [0.5, 0.6) is 0 Å². The summed E-state index contributed by atoms with van der Waals surface area (Å²) in [4.78, 5) is 19.5. The number of hydrogen-bond donors (Lipinski definition) is 2. The van der Waals surface area contributed by atoms with E-state index in [0.29, 0.717) is 12.3 Å². The first kappa shape index (κ1) is 24.6. The van der Waals surface area contributed by atoms with Gasteiger partial charge in [0, 0.05) is 24.7 Å². The third-order valence-corrected chi connectivity index (χ3v) is 6.70. The Bertz CT molecular complexity index is 1070. The molecule has 0 bridgehead atoms. The first-order chi connectivity index (χ1) is 15.7. The molecule has 1 aromatic heterocycles. The van der Waals surface area contributed by atoms with Gasteiger partial charge in [-0.3, -0.25) is 0 Å². The molecule has 33 heavy (non-hydrogen) atoms. The van der Waals surface area contributed by atoms with E-state index in [9.17, 15) is 9.90 Å². The van der Waals surface area contributed by atoms with Gasteiger partial charge in [0.15, 0.2) is 11.5 Å². The first-order valence-electron chi connectivity index (χ1n) is 10.3. The van der Waals surface area contributed by atoms with Crippen molar-refractivity contribution < 1.29 is 30.2 Å². The van der Waals surface area contributed by atoms with Crippen LogP contribution in [0.4, 0.5) is 5.82 Å². The molecule has 0 saturated heterocycles. The third kappa shape index (κ3) is 5.48. The molecule has 4 aromatic rings. The molecule has 0 aliphatic rings. The maximum atomic E-state index is 11.4. The van der Waals surface area contributed by atoms with Crippen molar-refractivity contribution in [3.8, 4) is 0 Å². The van der Waals surface area contributed by atoms with Crippen LogP contribution in [0.2, 0.25) is 0 Å². The molecule has 0 atom stereocenters. The molecule has 1 heterocycles. The van der Waals surface area contributed by atoms with Crippen LogP contribution in [0.3, 0.4) is 0 Å². The van der Waals surface area contributed by atoms with Crippen molar-refractivity contribution >= 4 is 23.5 Å². The number of rotatable bonds is 9. The summed E-state index contributed by atoms with van der Waals surface area (Å²) < 4.78 is -0.413. The quantitative estimate of drug-likeness (QED) is 0.232. The predicted molar refractivity (Wildman–Crippen MR) is 130 cm³/mol. The normalized spacial score (nSPS) is 10.8. The second-order valence-corrected chi connectivity index (χ2v) is 8.42. The van der Waals surface area contributed by atoms with Crippen molar-refractivity contribution in [2.24, 2.45) is 0 Å². The number of carboxylic acids is 1. The van der Waals surface area contributed by atoms with Gasteiger partial charge in [-0.05, 0) is 16.7 Å². The van der Waals surface area contributed by atoms with E-state index < -0.39 is 10.7 Å². The molecule has 0 saturated carbocycles. The van der Waals surface area contributed by atoms with E-state index in [1.54, 1.807) is 11.8 Å². The number of hydrogen-bond acceptors (Lipinski definition) is 5. The Balaban J connectivity index is 0.00000204. The number of nitrogens with zero attached hydrogens (tertiary/aromatic N) is 2. The Kier molecular flexibility index (Phi) is 8.73. The Hall–Kier alpha value is -3.04. The molecule has 0 spiro atoms. The topological polar surface area (TPSA) is 75.1 Å². The number of anilines is 1. The van der Waals surface area contributed by atoms with Gasteiger partial charge >= 0.3 is 24.8 Å². The monoisotopic (exact) mass is 449 g/mol. The van der Waals surface area contributed by atoms with E-state index in [0.717, 1.165) is 0 Å². The van der Waals surface area contributed by atoms with Crippen molar-refractivity contribution in [3.05, 3.63) is 126 Å². The molecule has 0 fully saturated rings. The summed E-state index contributed by atoms with van der Waals surface area (Å²) in [5.74, 6) is -0.0975. The van der Waals surface area contributed by atoms with Gasteiger partial charge in [0.05, 0.1) is 4.75 Å². The Morgan fingerprint density at radius 3 is 1.73 bits per heavy atom. The van der Waals surface area contributed by atoms with Crippen LogP contribution in [0.1, 0.15) is 28.6 Å². The largest absolute Gasteiger partial charge is 1.00 e. The minimum absolute atomic E-state index is 0. The maximum absolute atomic E-state index is 11.4. The van der Waals surface area contributed by atoms with Gasteiger partial charge in [-0.1, -0.05) is 91.0 Å². The average Bonchev–Trinajstić information content (AvgIpc) is 2.86. The second-order valence-electron chi connectivity index (χ2n) is 7.11. The van der Waals surface area contributed by atoms with Crippen molar-refractivity contribution in [2.45, 2.75) is 4.75 Å². The summed E-state index contributed by atoms with van der Waals surface area (Å²) in [6.07, 6.45) is 2.87. The zero-order valence-corrected chi connectivity index (χ0v) is 19.2. The standard InChI is InChI=1S/C26H23N3O2S.Li.H/c30-25(31)23-24(28-17-16-27-23)29-18-19-32-26(20-10-4-1-5-11-20,21-12-6-2-7-13-21)22-14-8-3-9-15-22;;/h1-17H,18-19H2,(H,28,29)(H,30,31);;/q;+1;-1. The summed E-state index contributed by atoms with van der Waals surface area (Å²) >= 11 is 1.80. The molecule has 0 amide bonds. The molecule has 2 N–H and O–H groups in total. The SMILES string of the molecule is O=C(O)c1nccnc1NCCSC(c1ccccc1)(c1ccccc1)c1ccccc1.[H-].[Li+]. The van der Waals surface area contributed by atoms with E-state index in [1.807, 2.05) is 18.2 Å². The van der Waals surface area contributed by atoms with Crippen LogP contribution in [0.15, 0.2) is 103 Å². The van der Waals surface area contributed by atoms with Gasteiger partial charge in [-0.15, -0.1) is 11.8 Å². The van der Waals surface area contributed by atoms with Crippen LogP contribution < -0.4 is 24.2 Å². The van der Waals surface area contributed by atoms with Gasteiger partial charge in [0.25, 0.3) is 0 Å². The third-order valence-electron chi connectivity index (χ3n) is 5.15. The zero-order valence-electron chi connectivity index (χ0n) is 19.4. The number of aromatic carboxylic acids is 1. The number of thioether (sulfide) groups is 1. The number of carboxylic acid groups (broad SMARTS) is 1. The second kappa shape index (κ2) is 11.7. The maximum Gasteiger partial charge on any atom is 1.00 e. The van der Waals surface area contributed by atoms with Crippen molar-refractivity contribution in [2.75, 3.05) is 17.6 Å². The molecule has 7 heteroatoms. The number of nitrogens with one attached hydrogen (secondary N) is 1. The van der Waals surface area contributed by atoms with E-state index >= 15 is 0 Å². The van der Waals surface area contributed by atoms with E-state index in [-0.39, 0.29) is 31.8 Å². The van der Waals surface area contributed by atoms with Crippen molar-refractivity contribution in [3.63, 3.8) is 0 Å². The molecule has 0 radical (unpaired) electrons. The molecule has 0 aliphatic carbocycles. The molecule has 0 unspecified atom stereocenters. The van der Waals surface area contributed by atoms with Crippen LogP contribution in [0, 0.1) is 0 Å². The number of carbonyl (C=O) groups is 1. The minimum atomic E-state index is -1.10. The fraction of sp³-hybridized carbons (Fsp3) is 0.115. The average molecular weight is 450 g/mol. The number of aromatic nitrogens is 2. The predicted octanol–water partition coefficient (Wildman–Crippen LogP) is 2.43. The fourth-order valence-electron chi connectivity index (χ4n) is 3.77. The molecule has 162 valence electrons. The Morgan fingerprint density at radius 1 is 0.818 bits per heavy atom. The van der Waals surface area contributed by atoms with Gasteiger partial charge in [-0.2, -0.15) is 0 Å². The molecular formula is C26H24LiN3O2S. The fourth-order valence-corrected chi connectivity index (χ4v) is 5.18. The molecule has 4 rings (SSSR count). The Labute approximate surface area is 211 Å². The summed E-state index contributed by atoms with van der Waals surface area (Å²) in [6, 6.07) is 31.4. The van der Waals surface area contributed by atoms with Crippen LogP contribution in [-0.2, 0) is 4.75 Å². The van der Waals surface area contributed by atoms with E-state index in [2.05, 4.69) is 88.1 Å². The van der Waals surface area contributed by atoms with Gasteiger partial charge in [-0.25, -0.2) is 14.8 Å². The van der Waals surface area contributed by atoms with Crippen molar-refractivity contribution in [1.82, 2.24) is 9.97 Å². The summed E-state index contributed by atoms with van der Waals surface area (Å²) in [6.45, 7) is 0.540. The summed E-state index contributed by atoms with van der Waals surface area (Å²) in [7, 11) is 0. The molecule has 0 aliphatic heterocycles. The molecule has 3 aromatic carbocycles. The van der Waals surface area contributed by atoms with Gasteiger partial charge < -0.3 is 11.8 Å². The molecule has 5 nitrogen and oxygen atoms in total. The Morgan fingerprint density at radius 2 is 1.27 bits per heavy atom. The van der Waals surface area contributed by atoms with Crippen molar-refractivity contribution in [1.29, 1.82) is 0 Å². The van der Waals surface area contributed by atoms with Gasteiger partial charge in [0.2, 0.25) is 0 Å². The summed E-state index contributed by atoms with van der Waals surface area (Å²) in [5, 5.41) is 12.5. The van der Waals surface area contributed by atoms with Gasteiger partial charge in [0.1, 0.15) is 0 Å². The van der Waals surface area contributed by atoms with Crippen LogP contribution in [0.25, 0.3) is 0 Å². The van der Waals surface area contributed by atoms with Crippen LogP contribution >= 0.6 is 11.8 Å². The number of benzene rings is 3. The van der Waals surface area contributed by atoms with E-state index in [4.69, 9.17) is 0 Å². The smallest absolute Gasteiger partial charge is 1.00 e. The zero-order chi connectivity index (χ0) is 22.2. The van der Waals surface area contributed by atoms with Crippen LogP contribution in [-0.4, -0.2) is 33.3 Å². The van der Waals surface area contributed by atoms with E-state index in [1.165, 1.54) is 29.1 Å². The summed E-state index contributed by atoms with van der Waals surface area (Å²) in [5.41, 5.74) is 3.49. The first-order valence-corrected chi connectivity index (χ1v) is 11.3.